The van der Waals surface area contributed by atoms with Crippen LogP contribution in [0.25, 0.3) is 10.9 Å². The minimum atomic E-state index is -0.0523. The third-order valence-corrected chi connectivity index (χ3v) is 4.01. The van der Waals surface area contributed by atoms with Crippen LogP contribution in [0.4, 0.5) is 0 Å². The summed E-state index contributed by atoms with van der Waals surface area (Å²) in [5.41, 5.74) is 3.71. The SMILES string of the molecule is Cc1noc(C)c1CCNC(=O)c1cccc2c1ccn2C. The van der Waals surface area contributed by atoms with Gasteiger partial charge in [0.05, 0.1) is 5.69 Å². The fourth-order valence-corrected chi connectivity index (χ4v) is 2.76. The average Bonchev–Trinajstić information content (AvgIpc) is 3.04. The van der Waals surface area contributed by atoms with E-state index in [4.69, 9.17) is 4.52 Å². The Morgan fingerprint density at radius 3 is 2.86 bits per heavy atom. The van der Waals surface area contributed by atoms with Crippen LogP contribution in [-0.2, 0) is 13.5 Å². The number of benzene rings is 1. The normalized spacial score (nSPS) is 11.0. The van der Waals surface area contributed by atoms with E-state index in [0.717, 1.165) is 34.3 Å². The van der Waals surface area contributed by atoms with E-state index in [1.54, 1.807) is 0 Å². The zero-order valence-electron chi connectivity index (χ0n) is 13.0. The minimum absolute atomic E-state index is 0.0523. The van der Waals surface area contributed by atoms with E-state index in [-0.39, 0.29) is 5.91 Å². The molecule has 0 fully saturated rings. The monoisotopic (exact) mass is 297 g/mol. The van der Waals surface area contributed by atoms with Crippen molar-refractivity contribution in [3.8, 4) is 0 Å². The molecule has 1 N–H and O–H groups in total. The molecule has 0 aliphatic carbocycles. The second kappa shape index (κ2) is 5.67. The second-order valence-corrected chi connectivity index (χ2v) is 5.47. The largest absolute Gasteiger partial charge is 0.361 e. The fourth-order valence-electron chi connectivity index (χ4n) is 2.76. The van der Waals surface area contributed by atoms with Gasteiger partial charge in [0.2, 0.25) is 0 Å². The Labute approximate surface area is 128 Å². The van der Waals surface area contributed by atoms with Crippen LogP contribution >= 0.6 is 0 Å². The van der Waals surface area contributed by atoms with Gasteiger partial charge < -0.3 is 14.4 Å². The van der Waals surface area contributed by atoms with Crippen molar-refractivity contribution in [1.82, 2.24) is 15.0 Å². The molecule has 2 aromatic heterocycles. The number of aromatic nitrogens is 2. The Kier molecular flexibility index (Phi) is 3.71. The fraction of sp³-hybridized carbons (Fsp3) is 0.294. The molecule has 0 unspecified atom stereocenters. The highest BCUT2D eigenvalue weighted by molar-refractivity contribution is 6.06. The molecule has 114 valence electrons. The smallest absolute Gasteiger partial charge is 0.251 e. The number of aryl methyl sites for hydroxylation is 3. The van der Waals surface area contributed by atoms with E-state index >= 15 is 0 Å². The van der Waals surface area contributed by atoms with Crippen LogP contribution in [0.1, 0.15) is 27.4 Å². The van der Waals surface area contributed by atoms with Gasteiger partial charge in [0.1, 0.15) is 5.76 Å². The number of hydrogen-bond acceptors (Lipinski definition) is 3. The molecular formula is C17H19N3O2. The van der Waals surface area contributed by atoms with E-state index in [9.17, 15) is 4.79 Å². The number of nitrogens with one attached hydrogen (secondary N) is 1. The standard InChI is InChI=1S/C17H19N3O2/c1-11-13(12(2)22-19-11)7-9-18-17(21)15-5-4-6-16-14(15)8-10-20(16)3/h4-6,8,10H,7,9H2,1-3H3,(H,18,21). The Bertz CT molecular complexity index is 810. The third kappa shape index (κ3) is 2.50. The quantitative estimate of drug-likeness (QED) is 0.805. The molecule has 3 rings (SSSR count). The summed E-state index contributed by atoms with van der Waals surface area (Å²) in [5, 5.41) is 7.87. The molecule has 3 aromatic rings. The maximum absolute atomic E-state index is 12.4. The molecule has 1 amide bonds. The average molecular weight is 297 g/mol. The first-order valence-corrected chi connectivity index (χ1v) is 7.32. The van der Waals surface area contributed by atoms with Crippen molar-refractivity contribution in [1.29, 1.82) is 0 Å². The van der Waals surface area contributed by atoms with Gasteiger partial charge in [0, 0.05) is 41.8 Å². The van der Waals surface area contributed by atoms with Crippen molar-refractivity contribution in [3.05, 3.63) is 53.0 Å². The number of hydrogen-bond donors (Lipinski definition) is 1. The van der Waals surface area contributed by atoms with Crippen molar-refractivity contribution in [3.63, 3.8) is 0 Å². The number of rotatable bonds is 4. The molecule has 0 aliphatic heterocycles. The number of carbonyl (C=O) groups is 1. The van der Waals surface area contributed by atoms with Crippen LogP contribution in [-0.4, -0.2) is 22.2 Å². The molecule has 1 aromatic carbocycles. The Morgan fingerprint density at radius 1 is 1.32 bits per heavy atom. The molecule has 0 atom stereocenters. The molecule has 0 saturated heterocycles. The summed E-state index contributed by atoms with van der Waals surface area (Å²) in [7, 11) is 1.97. The van der Waals surface area contributed by atoms with Crippen molar-refractivity contribution in [2.45, 2.75) is 20.3 Å². The lowest BCUT2D eigenvalue weighted by molar-refractivity contribution is 0.0955. The molecule has 0 bridgehead atoms. The Hall–Kier alpha value is -2.56. The highest BCUT2D eigenvalue weighted by Gasteiger charge is 2.12. The van der Waals surface area contributed by atoms with Crippen LogP contribution in [0.3, 0.4) is 0 Å². The number of nitrogens with zero attached hydrogens (tertiary/aromatic N) is 2. The first-order chi connectivity index (χ1) is 10.6. The minimum Gasteiger partial charge on any atom is -0.361 e. The van der Waals surface area contributed by atoms with Crippen LogP contribution < -0.4 is 5.32 Å². The molecule has 22 heavy (non-hydrogen) atoms. The van der Waals surface area contributed by atoms with Gasteiger partial charge in [-0.3, -0.25) is 4.79 Å². The summed E-state index contributed by atoms with van der Waals surface area (Å²) in [6.45, 7) is 4.37. The zero-order chi connectivity index (χ0) is 15.7. The predicted octanol–water partition coefficient (Wildman–Crippen LogP) is 2.76. The summed E-state index contributed by atoms with van der Waals surface area (Å²) >= 11 is 0. The van der Waals surface area contributed by atoms with E-state index in [1.165, 1.54) is 0 Å². The van der Waals surface area contributed by atoms with Crippen molar-refractivity contribution in [2.24, 2.45) is 7.05 Å². The first kappa shape index (κ1) is 14.4. The Balaban J connectivity index is 1.72. The molecule has 5 heteroatoms. The van der Waals surface area contributed by atoms with Gasteiger partial charge in [-0.2, -0.15) is 0 Å². The molecule has 2 heterocycles. The number of carbonyl (C=O) groups excluding carboxylic acids is 1. The topological polar surface area (TPSA) is 60.1 Å². The van der Waals surface area contributed by atoms with Gasteiger partial charge in [0.15, 0.2) is 0 Å². The van der Waals surface area contributed by atoms with Gasteiger partial charge in [0.25, 0.3) is 5.91 Å². The lowest BCUT2D eigenvalue weighted by atomic mass is 10.1. The zero-order valence-corrected chi connectivity index (χ0v) is 13.0. The van der Waals surface area contributed by atoms with E-state index < -0.39 is 0 Å². The molecule has 0 saturated carbocycles. The molecule has 0 radical (unpaired) electrons. The highest BCUT2D eigenvalue weighted by Crippen LogP contribution is 2.19. The predicted molar refractivity (Wildman–Crippen MR) is 84.9 cm³/mol. The van der Waals surface area contributed by atoms with E-state index in [0.29, 0.717) is 12.1 Å². The lowest BCUT2D eigenvalue weighted by Crippen LogP contribution is -2.26. The highest BCUT2D eigenvalue weighted by atomic mass is 16.5. The summed E-state index contributed by atoms with van der Waals surface area (Å²) in [4.78, 5) is 12.4. The van der Waals surface area contributed by atoms with Crippen molar-refractivity contribution >= 4 is 16.8 Å². The summed E-state index contributed by atoms with van der Waals surface area (Å²) in [6.07, 6.45) is 2.68. The molecule has 0 spiro atoms. The molecule has 0 aliphatic rings. The summed E-state index contributed by atoms with van der Waals surface area (Å²) < 4.78 is 7.14. The lowest BCUT2D eigenvalue weighted by Gasteiger charge is -2.07. The second-order valence-electron chi connectivity index (χ2n) is 5.47. The van der Waals surface area contributed by atoms with Gasteiger partial charge in [-0.25, -0.2) is 0 Å². The Morgan fingerprint density at radius 2 is 2.14 bits per heavy atom. The van der Waals surface area contributed by atoms with Gasteiger partial charge in [-0.05, 0) is 38.5 Å². The number of amides is 1. The van der Waals surface area contributed by atoms with Gasteiger partial charge in [-0.1, -0.05) is 11.2 Å². The van der Waals surface area contributed by atoms with E-state index in [2.05, 4.69) is 10.5 Å². The maximum Gasteiger partial charge on any atom is 0.251 e. The third-order valence-electron chi connectivity index (χ3n) is 4.01. The van der Waals surface area contributed by atoms with Gasteiger partial charge in [-0.15, -0.1) is 0 Å². The summed E-state index contributed by atoms with van der Waals surface area (Å²) in [5.74, 6) is 0.764. The van der Waals surface area contributed by atoms with Crippen molar-refractivity contribution in [2.75, 3.05) is 6.54 Å². The number of fused-ring (bicyclic) bond motifs is 1. The summed E-state index contributed by atoms with van der Waals surface area (Å²) in [6, 6.07) is 7.74. The first-order valence-electron chi connectivity index (χ1n) is 7.32. The van der Waals surface area contributed by atoms with Gasteiger partial charge >= 0.3 is 0 Å². The molecule has 5 nitrogen and oxygen atoms in total. The van der Waals surface area contributed by atoms with E-state index in [1.807, 2.05) is 55.9 Å². The van der Waals surface area contributed by atoms with Crippen LogP contribution in [0.2, 0.25) is 0 Å². The van der Waals surface area contributed by atoms with Crippen molar-refractivity contribution < 1.29 is 9.32 Å². The van der Waals surface area contributed by atoms with Crippen LogP contribution in [0, 0.1) is 13.8 Å². The van der Waals surface area contributed by atoms with Crippen LogP contribution in [0.5, 0.6) is 0 Å². The van der Waals surface area contributed by atoms with Crippen LogP contribution in [0.15, 0.2) is 35.0 Å². The maximum atomic E-state index is 12.4. The molecular weight excluding hydrogens is 278 g/mol.